The average molecular weight is 287 g/mol. The first-order valence-corrected chi connectivity index (χ1v) is 9.38. The van der Waals surface area contributed by atoms with Crippen LogP contribution in [0.1, 0.15) is 84.0 Å². The van der Waals surface area contributed by atoms with Crippen LogP contribution in [-0.2, 0) is 0 Å². The Bertz CT molecular complexity index is 335. The van der Waals surface area contributed by atoms with Crippen molar-refractivity contribution >= 4 is 0 Å². The molecule has 118 valence electrons. The van der Waals surface area contributed by atoms with Crippen molar-refractivity contribution in [1.29, 1.82) is 5.26 Å². The Morgan fingerprint density at radius 2 is 1.29 bits per heavy atom. The summed E-state index contributed by atoms with van der Waals surface area (Å²) in [4.78, 5) is 0. The summed E-state index contributed by atoms with van der Waals surface area (Å²) in [5, 5.41) is 8.59. The number of nitriles is 1. The molecular weight excluding hydrogens is 254 g/mol. The summed E-state index contributed by atoms with van der Waals surface area (Å²) in [5.74, 6) is 3.75. The Morgan fingerprint density at radius 3 is 1.76 bits per heavy atom. The molecule has 2 aliphatic rings. The van der Waals surface area contributed by atoms with Crippen molar-refractivity contribution in [3.05, 3.63) is 12.2 Å². The number of hydrogen-bond acceptors (Lipinski definition) is 1. The zero-order chi connectivity index (χ0) is 14.9. The summed E-state index contributed by atoms with van der Waals surface area (Å²) < 4.78 is 0. The van der Waals surface area contributed by atoms with Gasteiger partial charge in [0.25, 0.3) is 0 Å². The molecule has 0 atom stereocenters. The van der Waals surface area contributed by atoms with Crippen molar-refractivity contribution < 1.29 is 0 Å². The minimum Gasteiger partial charge on any atom is -0.193 e. The van der Waals surface area contributed by atoms with Crippen LogP contribution in [0.5, 0.6) is 0 Å². The standard InChI is InChI=1S/C20H33N/c1-2-4-17-6-10-19(11-7-17)14-15-20-12-8-18(9-13-20)5-3-16-21/h3,5,17-20H,2,4,6-15H2,1H3. The first kappa shape index (κ1) is 16.6. The molecule has 0 N–H and O–H groups in total. The first-order valence-electron chi connectivity index (χ1n) is 9.38. The fourth-order valence-corrected chi connectivity index (χ4v) is 4.54. The van der Waals surface area contributed by atoms with Gasteiger partial charge in [-0.1, -0.05) is 64.4 Å². The van der Waals surface area contributed by atoms with Crippen molar-refractivity contribution in [2.24, 2.45) is 23.7 Å². The molecule has 2 fully saturated rings. The fraction of sp³-hybridized carbons (Fsp3) is 0.850. The van der Waals surface area contributed by atoms with Crippen LogP contribution in [-0.4, -0.2) is 0 Å². The second kappa shape index (κ2) is 9.29. The van der Waals surface area contributed by atoms with E-state index >= 15 is 0 Å². The minimum atomic E-state index is 0.686. The highest BCUT2D eigenvalue weighted by molar-refractivity contribution is 5.04. The van der Waals surface area contributed by atoms with Crippen LogP contribution < -0.4 is 0 Å². The monoisotopic (exact) mass is 287 g/mol. The van der Waals surface area contributed by atoms with Gasteiger partial charge in [-0.05, 0) is 49.4 Å². The molecule has 1 heteroatoms. The van der Waals surface area contributed by atoms with E-state index in [1.54, 1.807) is 6.08 Å². The first-order chi connectivity index (χ1) is 10.3. The van der Waals surface area contributed by atoms with Gasteiger partial charge in [-0.15, -0.1) is 0 Å². The van der Waals surface area contributed by atoms with Crippen LogP contribution >= 0.6 is 0 Å². The summed E-state index contributed by atoms with van der Waals surface area (Å²) in [6, 6.07) is 2.13. The largest absolute Gasteiger partial charge is 0.193 e. The Hall–Kier alpha value is -0.770. The summed E-state index contributed by atoms with van der Waals surface area (Å²) in [7, 11) is 0. The SMILES string of the molecule is CCCC1CCC(CCC2CCC(C=CC#N)CC2)CC1. The molecule has 0 amide bonds. The van der Waals surface area contributed by atoms with Gasteiger partial charge in [0.2, 0.25) is 0 Å². The van der Waals surface area contributed by atoms with Gasteiger partial charge in [0, 0.05) is 6.08 Å². The third-order valence-corrected chi connectivity index (χ3v) is 5.98. The van der Waals surface area contributed by atoms with Crippen LogP contribution in [0.25, 0.3) is 0 Å². The zero-order valence-corrected chi connectivity index (χ0v) is 13.9. The van der Waals surface area contributed by atoms with Crippen LogP contribution in [0.3, 0.4) is 0 Å². The van der Waals surface area contributed by atoms with Crippen LogP contribution in [0.15, 0.2) is 12.2 Å². The summed E-state index contributed by atoms with van der Waals surface area (Å²) in [6.45, 7) is 2.33. The quantitative estimate of drug-likeness (QED) is 0.529. The van der Waals surface area contributed by atoms with E-state index in [2.05, 4.69) is 19.1 Å². The molecule has 2 saturated carbocycles. The lowest BCUT2D eigenvalue weighted by Gasteiger charge is -2.31. The Kier molecular flexibility index (Phi) is 7.34. The third-order valence-electron chi connectivity index (χ3n) is 5.98. The second-order valence-corrected chi connectivity index (χ2v) is 7.52. The predicted octanol–water partition coefficient (Wildman–Crippen LogP) is 6.26. The molecule has 0 aliphatic heterocycles. The van der Waals surface area contributed by atoms with Gasteiger partial charge >= 0.3 is 0 Å². The van der Waals surface area contributed by atoms with E-state index in [1.807, 2.05) is 0 Å². The highest BCUT2D eigenvalue weighted by Gasteiger charge is 2.23. The lowest BCUT2D eigenvalue weighted by atomic mass is 9.75. The Labute approximate surface area is 131 Å². The lowest BCUT2D eigenvalue weighted by Crippen LogP contribution is -2.17. The van der Waals surface area contributed by atoms with E-state index in [1.165, 1.54) is 77.0 Å². The number of nitrogens with zero attached hydrogens (tertiary/aromatic N) is 1. The van der Waals surface area contributed by atoms with E-state index in [-0.39, 0.29) is 0 Å². The number of rotatable bonds is 6. The highest BCUT2D eigenvalue weighted by Crippen LogP contribution is 2.37. The van der Waals surface area contributed by atoms with Crippen LogP contribution in [0.2, 0.25) is 0 Å². The van der Waals surface area contributed by atoms with Crippen molar-refractivity contribution in [3.8, 4) is 6.07 Å². The second-order valence-electron chi connectivity index (χ2n) is 7.52. The van der Waals surface area contributed by atoms with Gasteiger partial charge in [0.15, 0.2) is 0 Å². The van der Waals surface area contributed by atoms with Gasteiger partial charge in [-0.3, -0.25) is 0 Å². The molecule has 0 spiro atoms. The van der Waals surface area contributed by atoms with Gasteiger partial charge < -0.3 is 0 Å². The summed E-state index contributed by atoms with van der Waals surface area (Å²) >= 11 is 0. The molecule has 0 unspecified atom stereocenters. The van der Waals surface area contributed by atoms with Gasteiger partial charge in [0.1, 0.15) is 0 Å². The molecule has 0 aromatic heterocycles. The van der Waals surface area contributed by atoms with Crippen LogP contribution in [0, 0.1) is 35.0 Å². The van der Waals surface area contributed by atoms with E-state index in [0.29, 0.717) is 5.92 Å². The average Bonchev–Trinajstić information content (AvgIpc) is 2.53. The van der Waals surface area contributed by atoms with Crippen molar-refractivity contribution in [2.75, 3.05) is 0 Å². The smallest absolute Gasteiger partial charge is 0.0908 e. The van der Waals surface area contributed by atoms with E-state index in [0.717, 1.165) is 17.8 Å². The maximum atomic E-state index is 8.59. The van der Waals surface area contributed by atoms with E-state index < -0.39 is 0 Å². The maximum absolute atomic E-state index is 8.59. The summed E-state index contributed by atoms with van der Waals surface area (Å²) in [6.07, 6.45) is 21.0. The van der Waals surface area contributed by atoms with Gasteiger partial charge in [-0.2, -0.15) is 5.26 Å². The Morgan fingerprint density at radius 1 is 0.810 bits per heavy atom. The predicted molar refractivity (Wildman–Crippen MR) is 89.8 cm³/mol. The highest BCUT2D eigenvalue weighted by atomic mass is 14.3. The van der Waals surface area contributed by atoms with E-state index in [9.17, 15) is 0 Å². The van der Waals surface area contributed by atoms with Crippen molar-refractivity contribution in [2.45, 2.75) is 84.0 Å². The van der Waals surface area contributed by atoms with E-state index in [4.69, 9.17) is 5.26 Å². The molecule has 1 nitrogen and oxygen atoms in total. The lowest BCUT2D eigenvalue weighted by molar-refractivity contribution is 0.221. The number of allylic oxidation sites excluding steroid dienone is 2. The topological polar surface area (TPSA) is 23.8 Å². The zero-order valence-electron chi connectivity index (χ0n) is 13.9. The van der Waals surface area contributed by atoms with Gasteiger partial charge in [-0.25, -0.2) is 0 Å². The fourth-order valence-electron chi connectivity index (χ4n) is 4.54. The molecule has 0 aromatic carbocycles. The molecule has 2 aliphatic carbocycles. The maximum Gasteiger partial charge on any atom is 0.0908 e. The molecular formula is C20H33N. The normalized spacial score (nSPS) is 33.9. The van der Waals surface area contributed by atoms with Crippen molar-refractivity contribution in [3.63, 3.8) is 0 Å². The molecule has 0 aromatic rings. The molecule has 2 rings (SSSR count). The van der Waals surface area contributed by atoms with Crippen molar-refractivity contribution in [1.82, 2.24) is 0 Å². The Balaban J connectivity index is 1.58. The number of hydrogen-bond donors (Lipinski definition) is 0. The summed E-state index contributed by atoms with van der Waals surface area (Å²) in [5.41, 5.74) is 0. The molecule has 21 heavy (non-hydrogen) atoms. The molecule has 0 saturated heterocycles. The molecule has 0 heterocycles. The van der Waals surface area contributed by atoms with Crippen LogP contribution in [0.4, 0.5) is 0 Å². The third kappa shape index (κ3) is 5.85. The molecule has 0 bridgehead atoms. The minimum absolute atomic E-state index is 0.686. The molecule has 0 radical (unpaired) electrons. The van der Waals surface area contributed by atoms with Gasteiger partial charge in [0.05, 0.1) is 6.07 Å².